The van der Waals surface area contributed by atoms with E-state index in [-0.39, 0.29) is 11.5 Å². The quantitative estimate of drug-likeness (QED) is 0.661. The molecule has 0 N–H and O–H groups in total. The summed E-state index contributed by atoms with van der Waals surface area (Å²) in [6.07, 6.45) is 2.27. The topological polar surface area (TPSA) is 63.0 Å². The Balaban J connectivity index is 1.63. The van der Waals surface area contributed by atoms with E-state index in [0.717, 1.165) is 55.8 Å². The maximum absolute atomic E-state index is 12.7. The lowest BCUT2D eigenvalue weighted by molar-refractivity contribution is -0.139. The van der Waals surface area contributed by atoms with E-state index < -0.39 is 6.10 Å². The average Bonchev–Trinajstić information content (AvgIpc) is 2.71. The molecule has 1 amide bonds. The molecule has 0 radical (unpaired) electrons. The molecule has 1 fully saturated rings. The van der Waals surface area contributed by atoms with Gasteiger partial charge in [-0.15, -0.1) is 0 Å². The van der Waals surface area contributed by atoms with Crippen LogP contribution in [0, 0.1) is 0 Å². The summed E-state index contributed by atoms with van der Waals surface area (Å²) in [4.78, 5) is 28.7. The molecule has 2 heterocycles. The van der Waals surface area contributed by atoms with Crippen LogP contribution in [0.2, 0.25) is 0 Å². The number of hydrogen-bond acceptors (Lipinski definition) is 6. The Morgan fingerprint density at radius 1 is 1.25 bits per heavy atom. The minimum absolute atomic E-state index is 0.00613. The Morgan fingerprint density at radius 3 is 2.68 bits per heavy atom. The number of amides is 1. The Kier molecular flexibility index (Phi) is 7.02. The van der Waals surface area contributed by atoms with Gasteiger partial charge in [-0.1, -0.05) is 6.92 Å². The second-order valence-corrected chi connectivity index (χ2v) is 8.01. The number of aryl methyl sites for hydroxylation is 1. The van der Waals surface area contributed by atoms with Crippen LogP contribution in [0.25, 0.3) is 11.0 Å². The van der Waals surface area contributed by atoms with Crippen LogP contribution in [0.4, 0.5) is 0 Å². The normalized spacial score (nSPS) is 16.3. The Bertz CT molecular complexity index is 874. The molecule has 0 aliphatic carbocycles. The van der Waals surface area contributed by atoms with Gasteiger partial charge in [0.1, 0.15) is 11.3 Å². The lowest BCUT2D eigenvalue weighted by Crippen LogP contribution is -2.52. The van der Waals surface area contributed by atoms with Gasteiger partial charge in [0.25, 0.3) is 5.91 Å². The first-order chi connectivity index (χ1) is 13.5. The largest absolute Gasteiger partial charge is 0.481 e. The van der Waals surface area contributed by atoms with Gasteiger partial charge in [0.05, 0.1) is 0 Å². The summed E-state index contributed by atoms with van der Waals surface area (Å²) in [5.41, 5.74) is 1.06. The number of rotatable bonds is 7. The van der Waals surface area contributed by atoms with Gasteiger partial charge >= 0.3 is 5.63 Å². The van der Waals surface area contributed by atoms with E-state index in [1.165, 1.54) is 6.07 Å². The van der Waals surface area contributed by atoms with Gasteiger partial charge in [-0.05, 0) is 37.3 Å². The summed E-state index contributed by atoms with van der Waals surface area (Å²) < 4.78 is 11.2. The minimum atomic E-state index is -0.587. The van der Waals surface area contributed by atoms with Crippen LogP contribution in [0.15, 0.2) is 33.5 Å². The van der Waals surface area contributed by atoms with Crippen LogP contribution in [0.3, 0.4) is 0 Å². The third kappa shape index (κ3) is 4.89. The number of ether oxygens (including phenoxy) is 1. The van der Waals surface area contributed by atoms with E-state index in [1.807, 2.05) is 35.7 Å². The van der Waals surface area contributed by atoms with Crippen LogP contribution in [0.5, 0.6) is 5.75 Å². The number of carbonyl (C=O) groups is 1. The molecule has 0 bridgehead atoms. The van der Waals surface area contributed by atoms with Crippen LogP contribution >= 0.6 is 11.8 Å². The second kappa shape index (κ2) is 9.47. The summed E-state index contributed by atoms with van der Waals surface area (Å²) in [7, 11) is 0. The van der Waals surface area contributed by atoms with Crippen molar-refractivity contribution in [1.82, 2.24) is 9.80 Å². The van der Waals surface area contributed by atoms with E-state index >= 15 is 0 Å². The maximum Gasteiger partial charge on any atom is 0.336 e. The van der Waals surface area contributed by atoms with E-state index in [1.54, 1.807) is 13.0 Å². The maximum atomic E-state index is 12.7. The number of hydrogen-bond donors (Lipinski definition) is 0. The van der Waals surface area contributed by atoms with Crippen molar-refractivity contribution in [3.63, 3.8) is 0 Å². The van der Waals surface area contributed by atoms with Crippen molar-refractivity contribution in [2.24, 2.45) is 0 Å². The molecule has 1 aliphatic rings. The van der Waals surface area contributed by atoms with Crippen LogP contribution in [-0.4, -0.2) is 66.5 Å². The average molecular weight is 405 g/mol. The zero-order valence-electron chi connectivity index (χ0n) is 16.8. The van der Waals surface area contributed by atoms with Gasteiger partial charge in [0, 0.05) is 56.0 Å². The van der Waals surface area contributed by atoms with Gasteiger partial charge in [0.2, 0.25) is 0 Å². The highest BCUT2D eigenvalue weighted by molar-refractivity contribution is 7.98. The van der Waals surface area contributed by atoms with Gasteiger partial charge in [-0.3, -0.25) is 9.69 Å². The molecule has 7 heteroatoms. The summed E-state index contributed by atoms with van der Waals surface area (Å²) in [6, 6.07) is 6.92. The predicted octanol–water partition coefficient (Wildman–Crippen LogP) is 2.63. The smallest absolute Gasteiger partial charge is 0.336 e. The molecule has 28 heavy (non-hydrogen) atoms. The van der Waals surface area contributed by atoms with E-state index in [2.05, 4.69) is 11.2 Å². The Hall–Kier alpha value is -1.99. The third-order valence-corrected chi connectivity index (χ3v) is 5.73. The standard InChI is InChI=1S/C21H28N2O4S/c1-4-16-13-20(24)27-19-14-17(5-6-18(16)19)26-15(2)21(25)23-9-7-22(8-10-23)11-12-28-3/h5-6,13-15H,4,7-12H2,1-3H3. The number of piperazine rings is 1. The summed E-state index contributed by atoms with van der Waals surface area (Å²) in [5.74, 6) is 1.64. The van der Waals surface area contributed by atoms with Crippen LogP contribution in [-0.2, 0) is 11.2 Å². The zero-order chi connectivity index (χ0) is 20.1. The van der Waals surface area contributed by atoms with E-state index in [4.69, 9.17) is 9.15 Å². The Morgan fingerprint density at radius 2 is 2.00 bits per heavy atom. The highest BCUT2D eigenvalue weighted by Crippen LogP contribution is 2.24. The number of benzene rings is 1. The lowest BCUT2D eigenvalue weighted by atomic mass is 10.1. The van der Waals surface area contributed by atoms with Crippen molar-refractivity contribution in [2.45, 2.75) is 26.4 Å². The van der Waals surface area contributed by atoms with E-state index in [0.29, 0.717) is 11.3 Å². The van der Waals surface area contributed by atoms with Gasteiger partial charge in [-0.2, -0.15) is 11.8 Å². The van der Waals surface area contributed by atoms with Crippen molar-refractivity contribution in [3.8, 4) is 5.75 Å². The summed E-state index contributed by atoms with van der Waals surface area (Å²) in [6.45, 7) is 8.10. The molecule has 0 spiro atoms. The molecule has 1 aliphatic heterocycles. The zero-order valence-corrected chi connectivity index (χ0v) is 17.6. The monoisotopic (exact) mass is 404 g/mol. The van der Waals surface area contributed by atoms with Crippen molar-refractivity contribution in [2.75, 3.05) is 44.7 Å². The first-order valence-electron chi connectivity index (χ1n) is 9.75. The first-order valence-corrected chi connectivity index (χ1v) is 11.1. The molecule has 2 aromatic rings. The number of nitrogens with zero attached hydrogens (tertiary/aromatic N) is 2. The molecular weight excluding hydrogens is 376 g/mol. The van der Waals surface area contributed by atoms with Crippen LogP contribution < -0.4 is 10.4 Å². The lowest BCUT2D eigenvalue weighted by Gasteiger charge is -2.35. The number of thioether (sulfide) groups is 1. The second-order valence-electron chi connectivity index (χ2n) is 7.02. The Labute approximate surface area is 169 Å². The minimum Gasteiger partial charge on any atom is -0.481 e. The van der Waals surface area contributed by atoms with Gasteiger partial charge < -0.3 is 14.1 Å². The van der Waals surface area contributed by atoms with Crippen molar-refractivity contribution < 1.29 is 13.9 Å². The molecule has 152 valence electrons. The van der Waals surface area contributed by atoms with Crippen molar-refractivity contribution >= 4 is 28.6 Å². The molecule has 6 nitrogen and oxygen atoms in total. The molecule has 1 saturated heterocycles. The van der Waals surface area contributed by atoms with Crippen molar-refractivity contribution in [3.05, 3.63) is 40.2 Å². The highest BCUT2D eigenvalue weighted by atomic mass is 32.2. The number of fused-ring (bicyclic) bond motifs is 1. The molecule has 1 unspecified atom stereocenters. The summed E-state index contributed by atoms with van der Waals surface area (Å²) >= 11 is 1.84. The fourth-order valence-corrected chi connectivity index (χ4v) is 3.94. The van der Waals surface area contributed by atoms with Crippen LogP contribution in [0.1, 0.15) is 19.4 Å². The molecule has 1 aromatic heterocycles. The third-order valence-electron chi connectivity index (χ3n) is 5.14. The first kappa shape index (κ1) is 20.7. The molecule has 0 saturated carbocycles. The fourth-order valence-electron chi connectivity index (χ4n) is 3.50. The molecule has 3 rings (SSSR count). The molecule has 1 aromatic carbocycles. The van der Waals surface area contributed by atoms with Gasteiger partial charge in [0.15, 0.2) is 6.10 Å². The summed E-state index contributed by atoms with van der Waals surface area (Å²) in [5, 5.41) is 0.898. The molecule has 1 atom stereocenters. The number of carbonyl (C=O) groups excluding carboxylic acids is 1. The van der Waals surface area contributed by atoms with E-state index in [9.17, 15) is 9.59 Å². The van der Waals surface area contributed by atoms with Crippen molar-refractivity contribution in [1.29, 1.82) is 0 Å². The SMILES string of the molecule is CCc1cc(=O)oc2cc(OC(C)C(=O)N3CCN(CCSC)CC3)ccc12. The predicted molar refractivity (Wildman–Crippen MR) is 113 cm³/mol. The fraction of sp³-hybridized carbons (Fsp3) is 0.524. The van der Waals surface area contributed by atoms with Gasteiger partial charge in [-0.25, -0.2) is 4.79 Å². The highest BCUT2D eigenvalue weighted by Gasteiger charge is 2.26. The molecular formula is C21H28N2O4S.